The topological polar surface area (TPSA) is 416 Å². The summed E-state index contributed by atoms with van der Waals surface area (Å²) in [5.41, 5.74) is -0.269. The number of ketones is 2. The van der Waals surface area contributed by atoms with Gasteiger partial charge in [-0.15, -0.1) is 0 Å². The summed E-state index contributed by atoms with van der Waals surface area (Å²) in [5, 5.41) is 39.0. The molecule has 0 aromatic heterocycles. The van der Waals surface area contributed by atoms with Crippen molar-refractivity contribution in [2.24, 2.45) is 0 Å². The summed E-state index contributed by atoms with van der Waals surface area (Å²) in [6.45, 7) is 2.62. The molecule has 0 saturated carbocycles. The molecular formula is C18H36CoO16+6. The number of hydrogen-bond acceptors (Lipinski definition) is 6. The van der Waals surface area contributed by atoms with Crippen molar-refractivity contribution in [2.75, 3.05) is 0 Å². The molecule has 0 saturated heterocycles. The molecule has 2 aromatic carbocycles. The zero-order valence-electron chi connectivity index (χ0n) is 18.6. The monoisotopic (exact) mass is 567 g/mol. The van der Waals surface area contributed by atoms with Crippen LogP contribution in [0.1, 0.15) is 55.3 Å². The summed E-state index contributed by atoms with van der Waals surface area (Å²) in [5.74, 6) is -4.32. The molecule has 0 aliphatic heterocycles. The van der Waals surface area contributed by atoms with Gasteiger partial charge in [0.1, 0.15) is 0 Å². The van der Waals surface area contributed by atoms with Crippen LogP contribution in [0.25, 0.3) is 0 Å². The van der Waals surface area contributed by atoms with Gasteiger partial charge in [-0.2, -0.15) is 0 Å². The van der Waals surface area contributed by atoms with Gasteiger partial charge in [0.25, 0.3) is 0 Å². The Morgan fingerprint density at radius 3 is 1.00 bits per heavy atom. The second-order valence-electron chi connectivity index (χ2n) is 5.14. The first-order valence-corrected chi connectivity index (χ1v) is 7.15. The Bertz CT molecular complexity index is 827. The molecule has 0 unspecified atom stereocenters. The SMILES string of the molecule is CC(=O)c1ccc([O-])c(C(=O)O)c1.CC(=O)c1ccc([O-])c(C(=O)O)c1.O.O.[Co+2].[OH3+].[OH3+].[OH3+].[OH3+].[OH3+].[OH3+]. The number of carbonyl (C=O) groups excluding carboxylic acids is 2. The van der Waals surface area contributed by atoms with Crippen molar-refractivity contribution in [3.8, 4) is 11.5 Å². The first kappa shape index (κ1) is 57.9. The van der Waals surface area contributed by atoms with Gasteiger partial charge >= 0.3 is 28.7 Å². The van der Waals surface area contributed by atoms with Crippen molar-refractivity contribution in [1.82, 2.24) is 0 Å². The number of aromatic carboxylic acids is 2. The maximum atomic E-state index is 10.9. The Morgan fingerprint density at radius 1 is 0.600 bits per heavy atom. The maximum absolute atomic E-state index is 10.9. The molecule has 35 heavy (non-hydrogen) atoms. The van der Waals surface area contributed by atoms with Crippen LogP contribution in [0.2, 0.25) is 0 Å². The Morgan fingerprint density at radius 2 is 0.829 bits per heavy atom. The van der Waals surface area contributed by atoms with Gasteiger partial charge in [0.15, 0.2) is 11.6 Å². The van der Waals surface area contributed by atoms with E-state index in [9.17, 15) is 29.4 Å². The minimum atomic E-state index is -1.31. The van der Waals surface area contributed by atoms with Gasteiger partial charge in [0.2, 0.25) is 0 Å². The van der Waals surface area contributed by atoms with E-state index in [0.717, 1.165) is 24.3 Å². The van der Waals surface area contributed by atoms with Gasteiger partial charge in [0, 0.05) is 11.1 Å². The van der Waals surface area contributed by atoms with E-state index >= 15 is 0 Å². The number of carboxylic acids is 2. The summed E-state index contributed by atoms with van der Waals surface area (Å²) in [7, 11) is 0. The zero-order valence-corrected chi connectivity index (χ0v) is 19.6. The average Bonchev–Trinajstić information content (AvgIpc) is 2.55. The second-order valence-corrected chi connectivity index (χ2v) is 5.14. The van der Waals surface area contributed by atoms with E-state index in [0.29, 0.717) is 0 Å². The van der Waals surface area contributed by atoms with Gasteiger partial charge < -0.3 is 64.2 Å². The Labute approximate surface area is 208 Å². The van der Waals surface area contributed by atoms with Crippen molar-refractivity contribution < 1.29 is 100 Å². The summed E-state index contributed by atoms with van der Waals surface area (Å²) >= 11 is 0. The molecule has 0 fully saturated rings. The zero-order chi connectivity index (χ0) is 20.0. The fourth-order valence-electron chi connectivity index (χ4n) is 1.83. The summed E-state index contributed by atoms with van der Waals surface area (Å²) in [4.78, 5) is 42.6. The third-order valence-corrected chi connectivity index (χ3v) is 3.23. The van der Waals surface area contributed by atoms with E-state index in [-0.39, 0.29) is 94.4 Å². The second kappa shape index (κ2) is 25.1. The first-order chi connectivity index (χ1) is 12.0. The molecule has 0 spiro atoms. The molecule has 24 N–H and O–H groups in total. The molecule has 0 heterocycles. The number of carbonyl (C=O) groups is 4. The van der Waals surface area contributed by atoms with Crippen LogP contribution in [-0.2, 0) is 49.6 Å². The first-order valence-electron chi connectivity index (χ1n) is 7.15. The predicted molar refractivity (Wildman–Crippen MR) is 122 cm³/mol. The van der Waals surface area contributed by atoms with E-state index in [4.69, 9.17) is 10.2 Å². The minimum absolute atomic E-state index is 0. The molecule has 2 rings (SSSR count). The van der Waals surface area contributed by atoms with Crippen LogP contribution in [0.15, 0.2) is 36.4 Å². The quantitative estimate of drug-likeness (QED) is 0.264. The molecule has 16 nitrogen and oxygen atoms in total. The smallest absolute Gasteiger partial charge is 0.872 e. The summed E-state index contributed by atoms with van der Waals surface area (Å²) in [6, 6.07) is 6.98. The molecule has 17 heteroatoms. The predicted octanol–water partition coefficient (Wildman–Crippen LogP) is -5.86. The standard InChI is InChI=1S/2C9H8O4.Co.8H2O/c2*1-5(10)6-2-3-8(11)7(4-6)9(12)13;;;;;;;;;/h2*2-4,11H,1H3,(H,12,13);;8*1H2/q;;+2;;;;;;;;/p+4. The van der Waals surface area contributed by atoms with Crippen LogP contribution >= 0.6 is 0 Å². The average molecular weight is 567 g/mol. The third-order valence-electron chi connectivity index (χ3n) is 3.23. The minimum Gasteiger partial charge on any atom is -0.872 e. The van der Waals surface area contributed by atoms with Crippen molar-refractivity contribution >= 4 is 23.5 Å². The molecule has 1 radical (unpaired) electrons. The van der Waals surface area contributed by atoms with Crippen LogP contribution in [0.3, 0.4) is 0 Å². The molecular weight excluding hydrogens is 531 g/mol. The summed E-state index contributed by atoms with van der Waals surface area (Å²) in [6.07, 6.45) is 0. The van der Waals surface area contributed by atoms with Gasteiger partial charge in [-0.1, -0.05) is 35.8 Å². The van der Waals surface area contributed by atoms with Gasteiger partial charge in [-0.25, -0.2) is 9.59 Å². The molecule has 2 aromatic rings. The van der Waals surface area contributed by atoms with E-state index in [1.54, 1.807) is 0 Å². The van der Waals surface area contributed by atoms with Crippen molar-refractivity contribution in [3.05, 3.63) is 58.7 Å². The van der Waals surface area contributed by atoms with Gasteiger partial charge in [-0.3, -0.25) is 9.59 Å². The third kappa shape index (κ3) is 16.7. The van der Waals surface area contributed by atoms with Crippen LogP contribution in [0.4, 0.5) is 0 Å². The fraction of sp³-hybridized carbons (Fsp3) is 0.111. The number of rotatable bonds is 4. The van der Waals surface area contributed by atoms with Gasteiger partial charge in [-0.05, 0) is 26.0 Å². The maximum Gasteiger partial charge on any atom is 2.00 e. The van der Waals surface area contributed by atoms with Crippen molar-refractivity contribution in [1.29, 1.82) is 0 Å². The van der Waals surface area contributed by atoms with Gasteiger partial charge in [0.05, 0.1) is 11.1 Å². The summed E-state index contributed by atoms with van der Waals surface area (Å²) < 4.78 is 0. The van der Waals surface area contributed by atoms with Crippen molar-refractivity contribution in [2.45, 2.75) is 13.8 Å². The molecule has 0 aliphatic rings. The number of carboxylic acid groups (broad SMARTS) is 2. The van der Waals surface area contributed by atoms with E-state index in [1.165, 1.54) is 26.0 Å². The van der Waals surface area contributed by atoms with E-state index in [1.807, 2.05) is 0 Å². The molecule has 0 bridgehead atoms. The molecule has 207 valence electrons. The van der Waals surface area contributed by atoms with Crippen LogP contribution < -0.4 is 10.2 Å². The Balaban J connectivity index is -0.0000000439. The number of benzene rings is 2. The normalized spacial score (nSPS) is 7.14. The number of Topliss-reactive ketones (excluding diaryl/α,β-unsaturated/α-hetero) is 2. The van der Waals surface area contributed by atoms with E-state index < -0.39 is 23.4 Å². The number of hydrogen-bond donors (Lipinski definition) is 2. The molecule has 0 aliphatic carbocycles. The molecule has 0 atom stereocenters. The van der Waals surface area contributed by atoms with E-state index in [2.05, 4.69) is 0 Å². The van der Waals surface area contributed by atoms with Crippen LogP contribution in [0, 0.1) is 0 Å². The van der Waals surface area contributed by atoms with Crippen LogP contribution in [-0.4, -0.2) is 44.7 Å². The Kier molecular flexibility index (Phi) is 41.6. The van der Waals surface area contributed by atoms with Crippen LogP contribution in [0.5, 0.6) is 11.5 Å². The van der Waals surface area contributed by atoms with Crippen molar-refractivity contribution in [3.63, 3.8) is 0 Å². The fourth-order valence-corrected chi connectivity index (χ4v) is 1.83. The largest absolute Gasteiger partial charge is 2.00 e. The molecule has 0 amide bonds. The Hall–Kier alpha value is -3.49.